The molecule has 0 rings (SSSR count). The highest BCUT2D eigenvalue weighted by Crippen LogP contribution is 1.58. The molecule has 0 fully saturated rings. The Morgan fingerprint density at radius 2 is 2.25 bits per heavy atom. The van der Waals surface area contributed by atoms with Crippen molar-refractivity contribution in [2.24, 2.45) is 0 Å². The SMILES string of the molecule is O[N+]#CCl. The van der Waals surface area contributed by atoms with Crippen LogP contribution in [-0.4, -0.2) is 5.21 Å². The summed E-state index contributed by atoms with van der Waals surface area (Å²) in [7, 11) is 0. The van der Waals surface area contributed by atoms with Crippen molar-refractivity contribution in [3.63, 3.8) is 0 Å². The van der Waals surface area contributed by atoms with Crippen molar-refractivity contribution < 1.29 is 5.21 Å². The first-order chi connectivity index (χ1) is 1.91. The third-order valence-electron chi connectivity index (χ3n) is 0.0378. The van der Waals surface area contributed by atoms with Crippen molar-refractivity contribution in [3.05, 3.63) is 5.01 Å². The Morgan fingerprint density at radius 3 is 2.25 bits per heavy atom. The number of halogens is 1. The van der Waals surface area contributed by atoms with Crippen LogP contribution >= 0.6 is 11.6 Å². The van der Waals surface area contributed by atoms with E-state index < -0.39 is 0 Å². The van der Waals surface area contributed by atoms with Crippen LogP contribution in [0.5, 0.6) is 0 Å². The molecular formula is CHClNO+. The third kappa shape index (κ3) is 1.58. The Kier molecular flexibility index (Phi) is 2.31. The number of hydrogen-bond donors (Lipinski definition) is 1. The minimum absolute atomic E-state index is 1.58. The van der Waals surface area contributed by atoms with Crippen LogP contribution in [0.15, 0.2) is 0 Å². The molecule has 0 atom stereocenters. The van der Waals surface area contributed by atoms with Crippen molar-refractivity contribution in [2.45, 2.75) is 0 Å². The van der Waals surface area contributed by atoms with Gasteiger partial charge in [0.1, 0.15) is 0 Å². The molecule has 22 valence electrons. The molecule has 0 radical (unpaired) electrons. The molecule has 0 saturated heterocycles. The van der Waals surface area contributed by atoms with Crippen LogP contribution in [-0.2, 0) is 0 Å². The van der Waals surface area contributed by atoms with Crippen molar-refractivity contribution in [1.82, 2.24) is 0 Å². The smallest absolute Gasteiger partial charge is 0.176 e. The van der Waals surface area contributed by atoms with Gasteiger partial charge in [-0.1, -0.05) is 0 Å². The fourth-order valence-corrected chi connectivity index (χ4v) is 0. The molecule has 0 aromatic carbocycles. The summed E-state index contributed by atoms with van der Waals surface area (Å²) in [6.07, 6.45) is 0. The lowest BCUT2D eigenvalue weighted by Gasteiger charge is -1.17. The van der Waals surface area contributed by atoms with Crippen molar-refractivity contribution in [1.29, 1.82) is 0 Å². The lowest BCUT2D eigenvalue weighted by atomic mass is 11.8. The van der Waals surface area contributed by atoms with E-state index in [0.717, 1.165) is 0 Å². The van der Waals surface area contributed by atoms with Gasteiger partial charge < -0.3 is 0 Å². The number of hydrogen-bond acceptors (Lipinski definition) is 1. The van der Waals surface area contributed by atoms with E-state index in [-0.39, 0.29) is 0 Å². The van der Waals surface area contributed by atoms with Crippen molar-refractivity contribution in [3.8, 4) is 5.53 Å². The van der Waals surface area contributed by atoms with E-state index in [1.54, 1.807) is 5.53 Å². The van der Waals surface area contributed by atoms with Crippen molar-refractivity contribution in [2.75, 3.05) is 0 Å². The first-order valence-corrected chi connectivity index (χ1v) is 0.991. The summed E-state index contributed by atoms with van der Waals surface area (Å²) in [5.74, 6) is 0. The third-order valence-corrected chi connectivity index (χ3v) is 0.113. The predicted molar refractivity (Wildman–Crippen MR) is 14.9 cm³/mol. The Hall–Kier alpha value is -0.420. The van der Waals surface area contributed by atoms with Gasteiger partial charge in [0.2, 0.25) is 5.01 Å². The maximum Gasteiger partial charge on any atom is 0.466 e. The lowest BCUT2D eigenvalue weighted by molar-refractivity contribution is 0.466. The van der Waals surface area contributed by atoms with E-state index in [1.165, 1.54) is 0 Å². The molecule has 1 N–H and O–H groups in total. The van der Waals surface area contributed by atoms with Gasteiger partial charge in [0.25, 0.3) is 0 Å². The topological polar surface area (TPSA) is 24.6 Å². The van der Waals surface area contributed by atoms with Gasteiger partial charge in [0.15, 0.2) is 0 Å². The zero-order chi connectivity index (χ0) is 3.41. The molecule has 0 spiro atoms. The lowest BCUT2D eigenvalue weighted by Crippen LogP contribution is -1.23. The van der Waals surface area contributed by atoms with E-state index in [9.17, 15) is 0 Å². The summed E-state index contributed by atoms with van der Waals surface area (Å²) in [6.45, 7) is 0. The molecule has 0 bridgehead atoms. The molecule has 0 aromatic heterocycles. The zero-order valence-corrected chi connectivity index (χ0v) is 2.53. The molecule has 0 aliphatic carbocycles. The van der Waals surface area contributed by atoms with Crippen LogP contribution in [0.1, 0.15) is 0 Å². The first kappa shape index (κ1) is 3.58. The predicted octanol–water partition coefficient (Wildman–Crippen LogP) is 0.905. The monoisotopic (exact) mass is 78.0 g/mol. The second-order valence-corrected chi connectivity index (χ2v) is 0.354. The fraction of sp³-hybridized carbons (Fsp3) is 0. The minimum atomic E-state index is 1.58. The summed E-state index contributed by atoms with van der Waals surface area (Å²) in [5.41, 5.74) is 1.58. The highest BCUT2D eigenvalue weighted by atomic mass is 35.5. The van der Waals surface area contributed by atoms with Gasteiger partial charge in [-0.3, -0.25) is 0 Å². The Bertz CT molecular complexity index is 44.8. The second kappa shape index (κ2) is 2.58. The highest BCUT2D eigenvalue weighted by molar-refractivity contribution is 6.29. The standard InChI is InChI=1S/CClNO/c2-1-3-4/p+1. The van der Waals surface area contributed by atoms with Crippen LogP contribution < -0.4 is 0 Å². The van der Waals surface area contributed by atoms with E-state index >= 15 is 0 Å². The maximum absolute atomic E-state index is 7.26. The van der Waals surface area contributed by atoms with Gasteiger partial charge in [-0.05, 0) is 0 Å². The first-order valence-electron chi connectivity index (χ1n) is 0.613. The van der Waals surface area contributed by atoms with Gasteiger partial charge in [-0.2, -0.15) is 5.21 Å². The van der Waals surface area contributed by atoms with Gasteiger partial charge >= 0.3 is 5.53 Å². The van der Waals surface area contributed by atoms with Gasteiger partial charge in [0, 0.05) is 0 Å². The number of rotatable bonds is 0. The summed E-state index contributed by atoms with van der Waals surface area (Å²) in [6, 6.07) is 0. The largest absolute Gasteiger partial charge is 0.466 e. The summed E-state index contributed by atoms with van der Waals surface area (Å²) >= 11 is 4.52. The molecule has 0 amide bonds. The van der Waals surface area contributed by atoms with Crippen molar-refractivity contribution >= 4 is 11.6 Å². The van der Waals surface area contributed by atoms with Crippen LogP contribution in [0, 0.1) is 5.53 Å². The molecule has 0 saturated carbocycles. The number of nitrogens with zero attached hydrogens (tertiary/aromatic N) is 1. The van der Waals surface area contributed by atoms with Crippen LogP contribution in [0.4, 0.5) is 0 Å². The van der Waals surface area contributed by atoms with Crippen LogP contribution in [0.3, 0.4) is 0 Å². The molecule has 0 unspecified atom stereocenters. The molecule has 3 heteroatoms. The Labute approximate surface area is 28.4 Å². The van der Waals surface area contributed by atoms with Gasteiger partial charge in [-0.15, -0.1) is 0 Å². The van der Waals surface area contributed by atoms with E-state index in [0.29, 0.717) is 0 Å². The quantitative estimate of drug-likeness (QED) is 0.428. The summed E-state index contributed by atoms with van der Waals surface area (Å²) in [4.78, 5) is 0. The zero-order valence-electron chi connectivity index (χ0n) is 1.77. The van der Waals surface area contributed by atoms with Gasteiger partial charge in [0.05, 0.1) is 11.6 Å². The minimum Gasteiger partial charge on any atom is -0.176 e. The highest BCUT2D eigenvalue weighted by Gasteiger charge is 1.57. The Morgan fingerprint density at radius 1 is 2.00 bits per heavy atom. The van der Waals surface area contributed by atoms with E-state index in [4.69, 9.17) is 5.21 Å². The summed E-state index contributed by atoms with van der Waals surface area (Å²) < 4.78 is 0. The maximum atomic E-state index is 7.26. The normalized spacial score (nSPS) is 3.25. The molecule has 0 aromatic rings. The molecule has 4 heavy (non-hydrogen) atoms. The second-order valence-electron chi connectivity index (χ2n) is 0.185. The average Bonchev–Trinajstić information content (AvgIpc) is 1.37. The molecular weight excluding hydrogens is 77.5 g/mol. The Balaban J connectivity index is 2.83. The average molecular weight is 78.5 g/mol. The van der Waals surface area contributed by atoms with Crippen LogP contribution in [0.25, 0.3) is 5.01 Å². The van der Waals surface area contributed by atoms with E-state index in [2.05, 4.69) is 16.6 Å². The fourth-order valence-electron chi connectivity index (χ4n) is 0. The molecule has 0 aliphatic rings. The molecule has 0 aliphatic heterocycles. The van der Waals surface area contributed by atoms with Gasteiger partial charge in [-0.25, -0.2) is 0 Å². The van der Waals surface area contributed by atoms with E-state index in [1.807, 2.05) is 0 Å². The summed E-state index contributed by atoms with van der Waals surface area (Å²) in [5, 5.41) is 9.51. The molecule has 0 heterocycles. The van der Waals surface area contributed by atoms with Crippen LogP contribution in [0.2, 0.25) is 0 Å². The molecule has 2 nitrogen and oxygen atoms in total.